The molecule has 0 aliphatic heterocycles. The molecular formula is C13H12BrFN2O2S. The number of hydrogen-bond donors (Lipinski definition) is 1. The number of carbonyl (C=O) groups is 1. The molecule has 0 aliphatic carbocycles. The first-order valence-electron chi connectivity index (χ1n) is 5.83. The molecule has 0 fully saturated rings. The maximum absolute atomic E-state index is 13.5. The molecule has 0 bridgehead atoms. The number of aryl methyl sites for hydroxylation is 1. The van der Waals surface area contributed by atoms with Gasteiger partial charge < -0.3 is 9.67 Å². The van der Waals surface area contributed by atoms with E-state index in [1.54, 1.807) is 12.1 Å². The molecule has 1 aromatic carbocycles. The minimum Gasteiger partial charge on any atom is -0.481 e. The number of carboxylic acid groups (broad SMARTS) is 1. The molecule has 7 heteroatoms. The predicted octanol–water partition coefficient (Wildman–Crippen LogP) is 3.69. The van der Waals surface area contributed by atoms with Gasteiger partial charge in [-0.25, -0.2) is 9.37 Å². The second-order valence-electron chi connectivity index (χ2n) is 4.06. The number of rotatable bonds is 6. The lowest BCUT2D eigenvalue weighted by atomic mass is 10.3. The van der Waals surface area contributed by atoms with Gasteiger partial charge in [-0.05, 0) is 28.4 Å². The lowest BCUT2D eigenvalue weighted by Crippen LogP contribution is -2.03. The Kier molecular flexibility index (Phi) is 4.82. The number of nitrogens with zero attached hydrogens (tertiary/aromatic N) is 2. The van der Waals surface area contributed by atoms with Crippen molar-refractivity contribution in [2.75, 3.05) is 5.75 Å². The summed E-state index contributed by atoms with van der Waals surface area (Å²) in [6.45, 7) is 4.30. The van der Waals surface area contributed by atoms with Gasteiger partial charge in [0.15, 0.2) is 5.16 Å². The van der Waals surface area contributed by atoms with Crippen molar-refractivity contribution in [3.63, 3.8) is 0 Å². The molecule has 0 saturated heterocycles. The normalized spacial score (nSPS) is 10.9. The number of thioether (sulfide) groups is 1. The van der Waals surface area contributed by atoms with E-state index < -0.39 is 5.97 Å². The minimum absolute atomic E-state index is 0.0823. The summed E-state index contributed by atoms with van der Waals surface area (Å²) >= 11 is 4.28. The van der Waals surface area contributed by atoms with Gasteiger partial charge in [0.1, 0.15) is 5.82 Å². The number of aliphatic carboxylic acids is 1. The number of aromatic nitrogens is 2. The summed E-state index contributed by atoms with van der Waals surface area (Å²) in [6.07, 6.45) is 2.50. The molecule has 1 aromatic heterocycles. The van der Waals surface area contributed by atoms with Crippen molar-refractivity contribution in [3.8, 4) is 0 Å². The Hall–Kier alpha value is -1.34. The Bertz CT molecular complexity index is 672. The highest BCUT2D eigenvalue weighted by molar-refractivity contribution is 9.10. The second kappa shape index (κ2) is 6.41. The average Bonchev–Trinajstić information content (AvgIpc) is 2.72. The lowest BCUT2D eigenvalue weighted by Gasteiger charge is -2.06. The number of benzene rings is 1. The second-order valence-corrected chi connectivity index (χ2v) is 5.86. The van der Waals surface area contributed by atoms with Crippen molar-refractivity contribution in [2.24, 2.45) is 0 Å². The van der Waals surface area contributed by atoms with Crippen molar-refractivity contribution < 1.29 is 14.3 Å². The van der Waals surface area contributed by atoms with Gasteiger partial charge >= 0.3 is 5.97 Å². The van der Waals surface area contributed by atoms with Crippen LogP contribution in [0.15, 0.2) is 34.4 Å². The van der Waals surface area contributed by atoms with Gasteiger partial charge in [0.2, 0.25) is 0 Å². The molecule has 0 aliphatic rings. The Morgan fingerprint density at radius 3 is 3.00 bits per heavy atom. The van der Waals surface area contributed by atoms with Crippen molar-refractivity contribution in [1.29, 1.82) is 0 Å². The summed E-state index contributed by atoms with van der Waals surface area (Å²) < 4.78 is 15.8. The number of imidazole rings is 1. The smallest absolute Gasteiger partial charge is 0.313 e. The zero-order chi connectivity index (χ0) is 14.7. The summed E-state index contributed by atoms with van der Waals surface area (Å²) in [5.41, 5.74) is 1.29. The van der Waals surface area contributed by atoms with Crippen LogP contribution in [0.1, 0.15) is 6.42 Å². The van der Waals surface area contributed by atoms with E-state index in [-0.39, 0.29) is 11.6 Å². The van der Waals surface area contributed by atoms with Gasteiger partial charge in [-0.15, -0.1) is 6.58 Å². The Labute approximate surface area is 127 Å². The van der Waals surface area contributed by atoms with Crippen molar-refractivity contribution in [1.82, 2.24) is 9.55 Å². The Morgan fingerprint density at radius 2 is 2.35 bits per heavy atom. The molecule has 0 atom stereocenters. The van der Waals surface area contributed by atoms with Crippen molar-refractivity contribution in [3.05, 3.63) is 35.1 Å². The van der Waals surface area contributed by atoms with Gasteiger partial charge in [0.05, 0.1) is 21.3 Å². The molecule has 4 nitrogen and oxygen atoms in total. The van der Waals surface area contributed by atoms with E-state index in [2.05, 4.69) is 27.5 Å². The lowest BCUT2D eigenvalue weighted by molar-refractivity contribution is -0.133. The Morgan fingerprint density at radius 1 is 1.60 bits per heavy atom. The van der Waals surface area contributed by atoms with E-state index in [1.807, 2.05) is 4.57 Å². The number of carboxylic acids is 1. The average molecular weight is 359 g/mol. The number of fused-ring (bicyclic) bond motifs is 1. The van der Waals surface area contributed by atoms with Crippen LogP contribution in [0.2, 0.25) is 0 Å². The summed E-state index contributed by atoms with van der Waals surface area (Å²) in [5, 5.41) is 9.33. The largest absolute Gasteiger partial charge is 0.481 e. The predicted molar refractivity (Wildman–Crippen MR) is 80.6 cm³/mol. The molecule has 20 heavy (non-hydrogen) atoms. The van der Waals surface area contributed by atoms with Crippen LogP contribution >= 0.6 is 27.7 Å². The van der Waals surface area contributed by atoms with Crippen LogP contribution in [0.25, 0.3) is 11.0 Å². The highest BCUT2D eigenvalue weighted by Gasteiger charge is 2.14. The molecule has 0 radical (unpaired) electrons. The quantitative estimate of drug-likeness (QED) is 0.631. The van der Waals surface area contributed by atoms with Crippen LogP contribution in [0.3, 0.4) is 0 Å². The maximum Gasteiger partial charge on any atom is 0.313 e. The molecule has 0 saturated carbocycles. The summed E-state index contributed by atoms with van der Waals surface area (Å²) in [7, 11) is 0. The first-order chi connectivity index (χ1) is 9.52. The number of halogens is 2. The third-order valence-corrected chi connectivity index (χ3v) is 4.21. The molecule has 2 aromatic rings. The molecule has 0 amide bonds. The molecule has 1 N–H and O–H groups in total. The molecule has 2 rings (SSSR count). The van der Waals surface area contributed by atoms with E-state index in [0.29, 0.717) is 21.7 Å². The van der Waals surface area contributed by atoms with Crippen LogP contribution in [0.5, 0.6) is 0 Å². The molecule has 1 heterocycles. The first kappa shape index (κ1) is 15.1. The Balaban J connectivity index is 2.48. The molecule has 0 unspecified atom stereocenters. The highest BCUT2D eigenvalue weighted by Crippen LogP contribution is 2.28. The van der Waals surface area contributed by atoms with E-state index in [4.69, 9.17) is 5.11 Å². The number of hydrogen-bond acceptors (Lipinski definition) is 3. The van der Waals surface area contributed by atoms with Crippen molar-refractivity contribution >= 4 is 44.7 Å². The van der Waals surface area contributed by atoms with Gasteiger partial charge in [0.25, 0.3) is 0 Å². The van der Waals surface area contributed by atoms with Crippen LogP contribution in [0, 0.1) is 5.82 Å². The van der Waals surface area contributed by atoms with Gasteiger partial charge in [-0.3, -0.25) is 4.79 Å². The van der Waals surface area contributed by atoms with E-state index in [1.165, 1.54) is 6.07 Å². The molecule has 106 valence electrons. The highest BCUT2D eigenvalue weighted by atomic mass is 79.9. The fourth-order valence-corrected chi connectivity index (χ4v) is 2.86. The third kappa shape index (κ3) is 3.21. The zero-order valence-corrected chi connectivity index (χ0v) is 12.9. The van der Waals surface area contributed by atoms with Gasteiger partial charge in [-0.2, -0.15) is 0 Å². The standard InChI is InChI=1S/C13H12BrFN2O2S/c1-2-3-4-17-11-5-8(14)9(15)6-10(11)16-13(17)20-7-12(18)19/h2,5-6H,1,3-4,7H2,(H,18,19). The van der Waals surface area contributed by atoms with E-state index in [0.717, 1.165) is 23.7 Å². The third-order valence-electron chi connectivity index (χ3n) is 2.64. The number of allylic oxidation sites excluding steroid dienone is 1. The zero-order valence-electron chi connectivity index (χ0n) is 10.5. The fraction of sp³-hybridized carbons (Fsp3) is 0.231. The topological polar surface area (TPSA) is 55.1 Å². The summed E-state index contributed by atoms with van der Waals surface area (Å²) in [5.74, 6) is -1.38. The minimum atomic E-state index is -0.912. The van der Waals surface area contributed by atoms with Crippen LogP contribution in [0.4, 0.5) is 4.39 Å². The van der Waals surface area contributed by atoms with Crippen LogP contribution in [-0.4, -0.2) is 26.4 Å². The van der Waals surface area contributed by atoms with E-state index >= 15 is 0 Å². The van der Waals surface area contributed by atoms with Crippen LogP contribution in [-0.2, 0) is 11.3 Å². The molecule has 0 spiro atoms. The van der Waals surface area contributed by atoms with E-state index in [9.17, 15) is 9.18 Å². The summed E-state index contributed by atoms with van der Waals surface area (Å²) in [6, 6.07) is 3.00. The monoisotopic (exact) mass is 358 g/mol. The molecular weight excluding hydrogens is 347 g/mol. The first-order valence-corrected chi connectivity index (χ1v) is 7.61. The van der Waals surface area contributed by atoms with Gasteiger partial charge in [0, 0.05) is 12.6 Å². The fourth-order valence-electron chi connectivity index (χ4n) is 1.77. The SMILES string of the molecule is C=CCCn1c(SCC(=O)O)nc2cc(F)c(Br)cc21. The summed E-state index contributed by atoms with van der Waals surface area (Å²) in [4.78, 5) is 15.0. The van der Waals surface area contributed by atoms with Gasteiger partial charge in [-0.1, -0.05) is 17.8 Å². The van der Waals surface area contributed by atoms with Crippen LogP contribution < -0.4 is 0 Å². The van der Waals surface area contributed by atoms with Crippen molar-refractivity contribution in [2.45, 2.75) is 18.1 Å². The maximum atomic E-state index is 13.5.